The van der Waals surface area contributed by atoms with E-state index in [1.54, 1.807) is 0 Å². The molecule has 0 atom stereocenters. The van der Waals surface area contributed by atoms with Gasteiger partial charge in [-0.1, -0.05) is 0 Å². The lowest BCUT2D eigenvalue weighted by Gasteiger charge is -2.13. The predicted octanol–water partition coefficient (Wildman–Crippen LogP) is 2.36. The molecule has 0 spiro atoms. The summed E-state index contributed by atoms with van der Waals surface area (Å²) in [6, 6.07) is 2.22. The molecule has 0 radical (unpaired) electrons. The number of nitrogens with one attached hydrogen (secondary N) is 1. The van der Waals surface area contributed by atoms with Gasteiger partial charge in [-0.15, -0.1) is 0 Å². The van der Waals surface area contributed by atoms with Gasteiger partial charge >= 0.3 is 12.1 Å². The average Bonchev–Trinajstić information content (AvgIpc) is 2.14. The van der Waals surface area contributed by atoms with E-state index in [1.807, 2.05) is 5.32 Å². The minimum absolute atomic E-state index is 0.332. The molecule has 7 heteroatoms. The lowest BCUT2D eigenvalue weighted by atomic mass is 10.1. The van der Waals surface area contributed by atoms with E-state index in [2.05, 4.69) is 0 Å². The molecule has 0 aliphatic heterocycles. The summed E-state index contributed by atoms with van der Waals surface area (Å²) in [7, 11) is 0. The van der Waals surface area contributed by atoms with Crippen LogP contribution in [0.4, 0.5) is 18.9 Å². The van der Waals surface area contributed by atoms with Gasteiger partial charge in [0.15, 0.2) is 0 Å². The molecule has 0 aliphatic rings. The summed E-state index contributed by atoms with van der Waals surface area (Å²) in [5, 5.41) is 10.6. The van der Waals surface area contributed by atoms with E-state index in [0.29, 0.717) is 6.07 Å². The molecule has 4 nitrogen and oxygen atoms in total. The molecule has 1 aromatic carbocycles. The first-order valence-electron chi connectivity index (χ1n) is 4.44. The molecule has 0 aliphatic carbocycles. The summed E-state index contributed by atoms with van der Waals surface area (Å²) in [5.74, 6) is -2.08. The predicted molar refractivity (Wildman–Crippen MR) is 52.7 cm³/mol. The number of carboxylic acid groups (broad SMARTS) is 1. The number of aromatic carboxylic acids is 1. The third-order valence-corrected chi connectivity index (χ3v) is 1.88. The van der Waals surface area contributed by atoms with Crippen LogP contribution < -0.4 is 5.32 Å². The zero-order valence-corrected chi connectivity index (χ0v) is 8.63. The topological polar surface area (TPSA) is 66.4 Å². The maximum Gasteiger partial charge on any atom is 0.418 e. The molecule has 1 rings (SSSR count). The smallest absolute Gasteiger partial charge is 0.418 e. The molecule has 92 valence electrons. The lowest BCUT2D eigenvalue weighted by Crippen LogP contribution is -2.15. The van der Waals surface area contributed by atoms with E-state index in [0.717, 1.165) is 19.1 Å². The molecule has 0 aromatic heterocycles. The number of alkyl halides is 3. The van der Waals surface area contributed by atoms with Crippen molar-refractivity contribution >= 4 is 17.6 Å². The van der Waals surface area contributed by atoms with Crippen molar-refractivity contribution in [1.29, 1.82) is 0 Å². The first kappa shape index (κ1) is 13.0. The minimum atomic E-state index is -4.66. The quantitative estimate of drug-likeness (QED) is 0.843. The number of amides is 1. The van der Waals surface area contributed by atoms with Crippen LogP contribution in [0.15, 0.2) is 18.2 Å². The van der Waals surface area contributed by atoms with E-state index in [1.165, 1.54) is 0 Å². The number of anilines is 1. The Morgan fingerprint density at radius 1 is 1.29 bits per heavy atom. The van der Waals surface area contributed by atoms with Crippen molar-refractivity contribution in [3.05, 3.63) is 29.3 Å². The third kappa shape index (κ3) is 3.20. The Morgan fingerprint density at radius 3 is 2.29 bits per heavy atom. The third-order valence-electron chi connectivity index (χ3n) is 1.88. The van der Waals surface area contributed by atoms with Gasteiger partial charge < -0.3 is 10.4 Å². The number of carboxylic acids is 1. The van der Waals surface area contributed by atoms with Gasteiger partial charge in [0.1, 0.15) is 0 Å². The Hall–Kier alpha value is -2.05. The number of carbonyl (C=O) groups is 2. The molecule has 0 bridgehead atoms. The van der Waals surface area contributed by atoms with Gasteiger partial charge in [-0.2, -0.15) is 13.2 Å². The van der Waals surface area contributed by atoms with Gasteiger partial charge in [0.2, 0.25) is 5.91 Å². The number of benzene rings is 1. The van der Waals surface area contributed by atoms with Gasteiger partial charge in [0.25, 0.3) is 0 Å². The fraction of sp³-hybridized carbons (Fsp3) is 0.200. The molecule has 1 amide bonds. The lowest BCUT2D eigenvalue weighted by molar-refractivity contribution is -0.137. The van der Waals surface area contributed by atoms with Crippen molar-refractivity contribution in [2.45, 2.75) is 13.1 Å². The fourth-order valence-corrected chi connectivity index (χ4v) is 1.22. The second kappa shape index (κ2) is 4.44. The van der Waals surface area contributed by atoms with Crippen LogP contribution in [0, 0.1) is 0 Å². The zero-order valence-electron chi connectivity index (χ0n) is 8.63. The second-order valence-electron chi connectivity index (χ2n) is 3.24. The van der Waals surface area contributed by atoms with Crippen LogP contribution in [0.2, 0.25) is 0 Å². The SMILES string of the molecule is CC(=O)Nc1cc(C(=O)O)ccc1C(F)(F)F. The van der Waals surface area contributed by atoms with E-state index < -0.39 is 29.3 Å². The average molecular weight is 247 g/mol. The Balaban J connectivity index is 3.31. The van der Waals surface area contributed by atoms with Crippen molar-refractivity contribution in [1.82, 2.24) is 0 Å². The van der Waals surface area contributed by atoms with Crippen molar-refractivity contribution in [3.8, 4) is 0 Å². The summed E-state index contributed by atoms with van der Waals surface area (Å²) in [5.41, 5.74) is -1.98. The molecule has 0 heterocycles. The zero-order chi connectivity index (χ0) is 13.2. The Bertz CT molecular complexity index is 468. The van der Waals surface area contributed by atoms with E-state index in [-0.39, 0.29) is 5.56 Å². The molecule has 2 N–H and O–H groups in total. The molecule has 0 fully saturated rings. The highest BCUT2D eigenvalue weighted by atomic mass is 19.4. The molecule has 0 unspecified atom stereocenters. The number of rotatable bonds is 2. The maximum absolute atomic E-state index is 12.5. The first-order chi connectivity index (χ1) is 7.71. The normalized spacial score (nSPS) is 11.1. The highest BCUT2D eigenvalue weighted by Gasteiger charge is 2.34. The van der Waals surface area contributed by atoms with Gasteiger partial charge in [-0.05, 0) is 18.2 Å². The Labute approximate surface area is 94.1 Å². The van der Waals surface area contributed by atoms with Crippen LogP contribution in [0.1, 0.15) is 22.8 Å². The molecule has 17 heavy (non-hydrogen) atoms. The van der Waals surface area contributed by atoms with E-state index in [9.17, 15) is 22.8 Å². The van der Waals surface area contributed by atoms with Crippen LogP contribution in [0.5, 0.6) is 0 Å². The maximum atomic E-state index is 12.5. The van der Waals surface area contributed by atoms with Gasteiger partial charge in [0.05, 0.1) is 16.8 Å². The van der Waals surface area contributed by atoms with E-state index in [4.69, 9.17) is 5.11 Å². The number of halogens is 3. The fourth-order valence-electron chi connectivity index (χ4n) is 1.22. The van der Waals surface area contributed by atoms with Crippen molar-refractivity contribution < 1.29 is 27.9 Å². The van der Waals surface area contributed by atoms with Gasteiger partial charge in [0, 0.05) is 6.92 Å². The van der Waals surface area contributed by atoms with Crippen LogP contribution in [-0.2, 0) is 11.0 Å². The molecule has 1 aromatic rings. The van der Waals surface area contributed by atoms with Crippen molar-refractivity contribution in [3.63, 3.8) is 0 Å². The number of hydrogen-bond acceptors (Lipinski definition) is 2. The Kier molecular flexibility index (Phi) is 3.40. The van der Waals surface area contributed by atoms with Crippen LogP contribution in [0.25, 0.3) is 0 Å². The van der Waals surface area contributed by atoms with Gasteiger partial charge in [-0.25, -0.2) is 4.79 Å². The largest absolute Gasteiger partial charge is 0.478 e. The summed E-state index contributed by atoms with van der Waals surface area (Å²) in [4.78, 5) is 21.4. The molecule has 0 saturated heterocycles. The first-order valence-corrected chi connectivity index (χ1v) is 4.44. The van der Waals surface area contributed by atoms with Crippen molar-refractivity contribution in [2.75, 3.05) is 5.32 Å². The standard InChI is InChI=1S/C10H8F3NO3/c1-5(15)14-8-4-6(9(16)17)2-3-7(8)10(11,12)13/h2-4H,1H3,(H,14,15)(H,16,17). The molecular weight excluding hydrogens is 239 g/mol. The second-order valence-corrected chi connectivity index (χ2v) is 3.24. The monoisotopic (exact) mass is 247 g/mol. The minimum Gasteiger partial charge on any atom is -0.478 e. The number of hydrogen-bond donors (Lipinski definition) is 2. The summed E-state index contributed by atoms with van der Waals surface area (Å²) in [6.07, 6.45) is -4.66. The molecule has 0 saturated carbocycles. The van der Waals surface area contributed by atoms with Crippen molar-refractivity contribution in [2.24, 2.45) is 0 Å². The Morgan fingerprint density at radius 2 is 1.88 bits per heavy atom. The molecular formula is C10H8F3NO3. The van der Waals surface area contributed by atoms with Crippen LogP contribution >= 0.6 is 0 Å². The van der Waals surface area contributed by atoms with Gasteiger partial charge in [-0.3, -0.25) is 4.79 Å². The number of carbonyl (C=O) groups excluding carboxylic acids is 1. The highest BCUT2D eigenvalue weighted by Crippen LogP contribution is 2.35. The van der Waals surface area contributed by atoms with Crippen LogP contribution in [0.3, 0.4) is 0 Å². The van der Waals surface area contributed by atoms with Crippen LogP contribution in [-0.4, -0.2) is 17.0 Å². The summed E-state index contributed by atoms with van der Waals surface area (Å²) < 4.78 is 37.6. The highest BCUT2D eigenvalue weighted by molar-refractivity contribution is 5.93. The summed E-state index contributed by atoms with van der Waals surface area (Å²) in [6.45, 7) is 1.04. The summed E-state index contributed by atoms with van der Waals surface area (Å²) >= 11 is 0. The van der Waals surface area contributed by atoms with E-state index >= 15 is 0 Å².